The van der Waals surface area contributed by atoms with Crippen LogP contribution in [0.1, 0.15) is 45.6 Å². The normalized spacial score (nSPS) is 24.9. The molecule has 4 atom stereocenters. The molecule has 2 aliphatic heterocycles. The summed E-state index contributed by atoms with van der Waals surface area (Å²) in [4.78, 5) is 65.1. The Morgan fingerprint density at radius 1 is 1.09 bits per heavy atom. The summed E-state index contributed by atoms with van der Waals surface area (Å²) in [6, 6.07) is 6.12. The van der Waals surface area contributed by atoms with Crippen LogP contribution in [-0.2, 0) is 35.3 Å². The molecule has 1 aromatic carbocycles. The number of amides is 2. The number of ether oxygens (including phenoxy) is 2. The zero-order chi connectivity index (χ0) is 24.2. The van der Waals surface area contributed by atoms with E-state index in [4.69, 9.17) is 9.47 Å². The number of aldehydes is 2. The van der Waals surface area contributed by atoms with E-state index >= 15 is 0 Å². The molecule has 1 aromatic rings. The van der Waals surface area contributed by atoms with Gasteiger partial charge in [0.1, 0.15) is 36.9 Å². The average molecular weight is 459 g/mol. The van der Waals surface area contributed by atoms with Crippen molar-refractivity contribution in [3.63, 3.8) is 0 Å². The lowest BCUT2D eigenvalue weighted by molar-refractivity contribution is -0.166. The minimum absolute atomic E-state index is 0.0355. The van der Waals surface area contributed by atoms with Crippen molar-refractivity contribution in [3.05, 3.63) is 35.9 Å². The maximum atomic E-state index is 13.5. The summed E-state index contributed by atoms with van der Waals surface area (Å²) in [6.07, 6.45) is 1.48. The molecule has 2 heterocycles. The van der Waals surface area contributed by atoms with Crippen molar-refractivity contribution in [2.24, 2.45) is 5.92 Å². The number of nitrogens with zero attached hydrogens (tertiary/aromatic N) is 2. The minimum Gasteiger partial charge on any atom is -0.458 e. The third-order valence-corrected chi connectivity index (χ3v) is 5.79. The second-order valence-corrected chi connectivity index (χ2v) is 9.35. The number of carbonyl (C=O) groups excluding carboxylic acids is 5. The Bertz CT molecular complexity index is 896. The van der Waals surface area contributed by atoms with Crippen LogP contribution in [0, 0.1) is 5.92 Å². The first kappa shape index (κ1) is 24.4. The Morgan fingerprint density at radius 2 is 1.79 bits per heavy atom. The van der Waals surface area contributed by atoms with Crippen LogP contribution in [0.2, 0.25) is 0 Å². The van der Waals surface area contributed by atoms with Crippen LogP contribution < -0.4 is 0 Å². The predicted octanol–water partition coefficient (Wildman–Crippen LogP) is 2.11. The van der Waals surface area contributed by atoms with Gasteiger partial charge >= 0.3 is 12.1 Å². The fraction of sp³-hybridized carbons (Fsp3) is 0.542. The van der Waals surface area contributed by atoms with Crippen molar-refractivity contribution in [2.75, 3.05) is 6.54 Å². The topological polar surface area (TPSA) is 110 Å². The maximum absolute atomic E-state index is 13.5. The standard InChI is InChI=1S/C24H30N2O7/c1-24(2,3)33-22(30)20-17(13-27)12-18(14-28)26(20)21(29)19-10-7-11-25(19)23(31)32-15-16-8-5-4-6-9-16/h4-6,8-9,13-14,17-20H,7,10-12,15H2,1-3H3/t17-,18+,19+,20+/m1/s1. The molecule has 0 saturated carbocycles. The Morgan fingerprint density at radius 3 is 2.39 bits per heavy atom. The third kappa shape index (κ3) is 5.58. The van der Waals surface area contributed by atoms with Crippen LogP contribution in [0.15, 0.2) is 30.3 Å². The van der Waals surface area contributed by atoms with Crippen LogP contribution in [0.4, 0.5) is 4.79 Å². The van der Waals surface area contributed by atoms with E-state index in [1.807, 2.05) is 30.3 Å². The highest BCUT2D eigenvalue weighted by molar-refractivity contribution is 5.94. The fourth-order valence-electron chi connectivity index (χ4n) is 4.35. The molecule has 0 N–H and O–H groups in total. The third-order valence-electron chi connectivity index (χ3n) is 5.79. The highest BCUT2D eigenvalue weighted by Crippen LogP contribution is 2.33. The number of likely N-dealkylation sites (tertiary alicyclic amines) is 2. The molecule has 33 heavy (non-hydrogen) atoms. The fourth-order valence-corrected chi connectivity index (χ4v) is 4.35. The highest BCUT2D eigenvalue weighted by atomic mass is 16.6. The SMILES string of the molecule is CC(C)(C)OC(=O)[C@@H]1[C@@H](C=O)C[C@@H](C=O)N1C(=O)[C@@H]1CCCN1C(=O)OCc1ccccc1. The Kier molecular flexibility index (Phi) is 7.50. The minimum atomic E-state index is -1.22. The number of carbonyl (C=O) groups is 5. The van der Waals surface area contributed by atoms with E-state index in [2.05, 4.69) is 0 Å². The molecule has 2 amide bonds. The van der Waals surface area contributed by atoms with Gasteiger partial charge in [-0.15, -0.1) is 0 Å². The van der Waals surface area contributed by atoms with Gasteiger partial charge in [0, 0.05) is 12.5 Å². The highest BCUT2D eigenvalue weighted by Gasteiger charge is 2.52. The van der Waals surface area contributed by atoms with Crippen molar-refractivity contribution in [1.29, 1.82) is 0 Å². The van der Waals surface area contributed by atoms with Gasteiger partial charge in [-0.2, -0.15) is 0 Å². The van der Waals surface area contributed by atoms with E-state index in [0.717, 1.165) is 10.5 Å². The quantitative estimate of drug-likeness (QED) is 0.474. The number of rotatable bonds is 6. The lowest BCUT2D eigenvalue weighted by atomic mass is 10.0. The Labute approximate surface area is 193 Å². The van der Waals surface area contributed by atoms with Crippen LogP contribution in [0.25, 0.3) is 0 Å². The largest absolute Gasteiger partial charge is 0.458 e. The number of hydrogen-bond acceptors (Lipinski definition) is 7. The van der Waals surface area contributed by atoms with Crippen LogP contribution >= 0.6 is 0 Å². The maximum Gasteiger partial charge on any atom is 0.410 e. The number of benzene rings is 1. The lowest BCUT2D eigenvalue weighted by Gasteiger charge is -2.34. The van der Waals surface area contributed by atoms with Gasteiger partial charge in [-0.3, -0.25) is 9.69 Å². The van der Waals surface area contributed by atoms with Gasteiger partial charge in [-0.05, 0) is 45.6 Å². The van der Waals surface area contributed by atoms with Gasteiger partial charge in [0.2, 0.25) is 5.91 Å². The van der Waals surface area contributed by atoms with Gasteiger partial charge in [0.05, 0.1) is 6.04 Å². The molecule has 9 heteroatoms. The molecule has 0 spiro atoms. The molecule has 0 bridgehead atoms. The van der Waals surface area contributed by atoms with Crippen molar-refractivity contribution in [1.82, 2.24) is 9.80 Å². The van der Waals surface area contributed by atoms with Gasteiger partial charge < -0.3 is 24.0 Å². The molecular formula is C24H30N2O7. The van der Waals surface area contributed by atoms with E-state index in [1.165, 1.54) is 4.90 Å². The van der Waals surface area contributed by atoms with Crippen LogP contribution in [0.5, 0.6) is 0 Å². The van der Waals surface area contributed by atoms with Crippen molar-refractivity contribution in [2.45, 2.75) is 70.4 Å². The molecule has 9 nitrogen and oxygen atoms in total. The molecule has 0 aliphatic carbocycles. The summed E-state index contributed by atoms with van der Waals surface area (Å²) in [6.45, 7) is 5.42. The van der Waals surface area contributed by atoms with E-state index in [0.29, 0.717) is 32.0 Å². The van der Waals surface area contributed by atoms with Gasteiger partial charge in [0.25, 0.3) is 0 Å². The molecule has 0 radical (unpaired) electrons. The first-order valence-corrected chi connectivity index (χ1v) is 11.1. The van der Waals surface area contributed by atoms with E-state index in [-0.39, 0.29) is 13.0 Å². The molecule has 0 aromatic heterocycles. The van der Waals surface area contributed by atoms with Crippen molar-refractivity contribution in [3.8, 4) is 0 Å². The zero-order valence-electron chi connectivity index (χ0n) is 19.1. The first-order chi connectivity index (χ1) is 15.7. The number of hydrogen-bond donors (Lipinski definition) is 0. The predicted molar refractivity (Wildman–Crippen MR) is 117 cm³/mol. The molecule has 3 rings (SSSR count). The summed E-state index contributed by atoms with van der Waals surface area (Å²) in [5.41, 5.74) is -0.0219. The molecule has 0 unspecified atom stereocenters. The summed E-state index contributed by atoms with van der Waals surface area (Å²) < 4.78 is 10.8. The van der Waals surface area contributed by atoms with Crippen molar-refractivity contribution >= 4 is 30.5 Å². The van der Waals surface area contributed by atoms with E-state index in [9.17, 15) is 24.0 Å². The average Bonchev–Trinajstić information content (AvgIpc) is 3.41. The Hall–Kier alpha value is -3.23. The summed E-state index contributed by atoms with van der Waals surface area (Å²) in [7, 11) is 0. The van der Waals surface area contributed by atoms with E-state index < -0.39 is 47.6 Å². The van der Waals surface area contributed by atoms with Crippen LogP contribution in [0.3, 0.4) is 0 Å². The molecule has 178 valence electrons. The zero-order valence-corrected chi connectivity index (χ0v) is 19.1. The van der Waals surface area contributed by atoms with E-state index in [1.54, 1.807) is 20.8 Å². The molecule has 2 aliphatic rings. The second-order valence-electron chi connectivity index (χ2n) is 9.35. The van der Waals surface area contributed by atoms with Crippen LogP contribution in [-0.4, -0.2) is 70.6 Å². The van der Waals surface area contributed by atoms with Gasteiger partial charge in [-0.25, -0.2) is 9.59 Å². The van der Waals surface area contributed by atoms with Gasteiger partial charge in [0.15, 0.2) is 0 Å². The second kappa shape index (κ2) is 10.1. The summed E-state index contributed by atoms with van der Waals surface area (Å²) in [5.74, 6) is -2.16. The molecule has 2 fully saturated rings. The van der Waals surface area contributed by atoms with Crippen molar-refractivity contribution < 1.29 is 33.4 Å². The monoisotopic (exact) mass is 458 g/mol. The number of esters is 1. The lowest BCUT2D eigenvalue weighted by Crippen LogP contribution is -2.55. The smallest absolute Gasteiger partial charge is 0.410 e. The molecule has 2 saturated heterocycles. The summed E-state index contributed by atoms with van der Waals surface area (Å²) >= 11 is 0. The summed E-state index contributed by atoms with van der Waals surface area (Å²) in [5, 5.41) is 0. The Balaban J connectivity index is 1.78. The van der Waals surface area contributed by atoms with Gasteiger partial charge in [-0.1, -0.05) is 30.3 Å². The first-order valence-electron chi connectivity index (χ1n) is 11.1. The molecular weight excluding hydrogens is 428 g/mol.